The molecule has 1 aliphatic heterocycles. The van der Waals surface area contributed by atoms with E-state index in [1.165, 1.54) is 6.42 Å². The second-order valence-corrected chi connectivity index (χ2v) is 3.32. The minimum atomic E-state index is 0.227. The smallest absolute Gasteiger partial charge is 0.146 e. The molecule has 1 rings (SSSR count). The van der Waals surface area contributed by atoms with Crippen LogP contribution in [0.4, 0.5) is 0 Å². The molecule has 0 aliphatic carbocycles. The Labute approximate surface area is 108 Å². The molecule has 0 amide bonds. The van der Waals surface area contributed by atoms with Crippen LogP contribution in [0.2, 0.25) is 0 Å². The number of nitrogens with zero attached hydrogens (tertiary/aromatic N) is 1. The van der Waals surface area contributed by atoms with Crippen LogP contribution in [-0.4, -0.2) is 36.6 Å². The molecule has 104 valence electrons. The van der Waals surface area contributed by atoms with Crippen molar-refractivity contribution in [2.24, 2.45) is 0 Å². The molecule has 0 bridgehead atoms. The zero-order valence-corrected chi connectivity index (χ0v) is 12.7. The number of hydrogen-bond acceptors (Lipinski definition) is 3. The Bertz CT molecular complexity index is 170. The molecule has 1 atom stereocenters. The van der Waals surface area contributed by atoms with Gasteiger partial charge in [0, 0.05) is 6.42 Å². The fraction of sp³-hybridized carbons (Fsp3) is 0.857. The summed E-state index contributed by atoms with van der Waals surface area (Å²) in [6.07, 6.45) is 3.76. The number of carbonyl (C=O) groups is 2. The molecule has 0 aromatic carbocycles. The Morgan fingerprint density at radius 1 is 1.29 bits per heavy atom. The third kappa shape index (κ3) is 13.2. The van der Waals surface area contributed by atoms with Gasteiger partial charge in [0.1, 0.15) is 12.1 Å². The van der Waals surface area contributed by atoms with Gasteiger partial charge in [-0.25, -0.2) is 0 Å². The first-order valence-electron chi connectivity index (χ1n) is 6.77. The van der Waals surface area contributed by atoms with Crippen molar-refractivity contribution in [1.29, 1.82) is 0 Å². The van der Waals surface area contributed by atoms with E-state index in [1.54, 1.807) is 6.92 Å². The number of rotatable bonds is 2. The summed E-state index contributed by atoms with van der Waals surface area (Å²) in [7, 11) is 2.01. The van der Waals surface area contributed by atoms with Gasteiger partial charge in [0.25, 0.3) is 0 Å². The second-order valence-electron chi connectivity index (χ2n) is 3.32. The minimum absolute atomic E-state index is 0.227. The normalized spacial score (nSPS) is 17.5. The zero-order chi connectivity index (χ0) is 14.3. The highest BCUT2D eigenvalue weighted by molar-refractivity contribution is 5.81. The number of likely N-dealkylation sites (tertiary alicyclic amines) is 1. The molecule has 17 heavy (non-hydrogen) atoms. The molecule has 1 unspecified atom stereocenters. The molecule has 0 N–H and O–H groups in total. The predicted molar refractivity (Wildman–Crippen MR) is 75.4 cm³/mol. The summed E-state index contributed by atoms with van der Waals surface area (Å²) in [4.78, 5) is 22.1. The van der Waals surface area contributed by atoms with Gasteiger partial charge in [0.15, 0.2) is 0 Å². The van der Waals surface area contributed by atoms with E-state index in [2.05, 4.69) is 4.90 Å². The summed E-state index contributed by atoms with van der Waals surface area (Å²) in [6, 6.07) is 0.227. The van der Waals surface area contributed by atoms with Crippen molar-refractivity contribution in [2.45, 2.75) is 66.8 Å². The third-order valence-corrected chi connectivity index (χ3v) is 2.16. The lowest BCUT2D eigenvalue weighted by atomic mass is 10.1. The van der Waals surface area contributed by atoms with Crippen LogP contribution < -0.4 is 0 Å². The van der Waals surface area contributed by atoms with E-state index >= 15 is 0 Å². The molecule has 0 saturated carbocycles. The highest BCUT2D eigenvalue weighted by Crippen LogP contribution is 2.14. The van der Waals surface area contributed by atoms with Crippen LogP contribution in [0, 0.1) is 0 Å². The van der Waals surface area contributed by atoms with Gasteiger partial charge < -0.3 is 4.79 Å². The van der Waals surface area contributed by atoms with Gasteiger partial charge in [-0.1, -0.05) is 34.6 Å². The van der Waals surface area contributed by atoms with E-state index in [0.717, 1.165) is 19.3 Å². The van der Waals surface area contributed by atoms with Crippen molar-refractivity contribution < 1.29 is 9.59 Å². The van der Waals surface area contributed by atoms with Crippen molar-refractivity contribution in [2.75, 3.05) is 13.6 Å². The van der Waals surface area contributed by atoms with Crippen LogP contribution in [0.25, 0.3) is 0 Å². The lowest BCUT2D eigenvalue weighted by molar-refractivity contribution is -0.120. The minimum Gasteiger partial charge on any atom is -0.303 e. The Morgan fingerprint density at radius 3 is 1.82 bits per heavy atom. The first kappa shape index (κ1) is 21.6. The topological polar surface area (TPSA) is 37.4 Å². The molecule has 3 heteroatoms. The summed E-state index contributed by atoms with van der Waals surface area (Å²) < 4.78 is 0. The molecule has 1 saturated heterocycles. The van der Waals surface area contributed by atoms with E-state index in [0.29, 0.717) is 12.2 Å². The zero-order valence-electron chi connectivity index (χ0n) is 12.7. The Hall–Kier alpha value is -0.700. The van der Waals surface area contributed by atoms with Crippen LogP contribution in [0.5, 0.6) is 0 Å². The van der Waals surface area contributed by atoms with Gasteiger partial charge in [0.05, 0.1) is 6.04 Å². The predicted octanol–water partition coefficient (Wildman–Crippen LogP) is 3.32. The number of ketones is 1. The van der Waals surface area contributed by atoms with Gasteiger partial charge in [-0.2, -0.15) is 0 Å². The van der Waals surface area contributed by atoms with Gasteiger partial charge in [-0.3, -0.25) is 9.69 Å². The lowest BCUT2D eigenvalue weighted by Crippen LogP contribution is -2.30. The van der Waals surface area contributed by atoms with E-state index in [9.17, 15) is 9.59 Å². The van der Waals surface area contributed by atoms with Crippen LogP contribution in [0.3, 0.4) is 0 Å². The van der Waals surface area contributed by atoms with Crippen LogP contribution in [-0.2, 0) is 9.59 Å². The van der Waals surface area contributed by atoms with Crippen molar-refractivity contribution >= 4 is 12.1 Å². The molecule has 0 aromatic heterocycles. The summed E-state index contributed by atoms with van der Waals surface area (Å²) in [6.45, 7) is 12.6. The fourth-order valence-electron chi connectivity index (χ4n) is 1.42. The van der Waals surface area contributed by atoms with E-state index in [1.807, 2.05) is 41.7 Å². The van der Waals surface area contributed by atoms with Gasteiger partial charge in [0.2, 0.25) is 0 Å². The maximum Gasteiger partial charge on any atom is 0.146 e. The third-order valence-electron chi connectivity index (χ3n) is 2.16. The summed E-state index contributed by atoms with van der Waals surface area (Å²) in [5.74, 6) is 0.315. The number of Topliss-reactive ketones (excluding diaryl/α,β-unsaturated/α-hetero) is 1. The first-order chi connectivity index (χ1) is 8.13. The van der Waals surface area contributed by atoms with Gasteiger partial charge >= 0.3 is 0 Å². The standard InChI is InChI=1S/C7H13NO.C3H6O.2C2H6/c1-6(9)7-4-3-5-8(7)2;1-2-3-4;2*1-2/h7H,3-5H2,1-2H3;3H,2H2,1H3;2*1-2H3. The average molecular weight is 245 g/mol. The Morgan fingerprint density at radius 2 is 1.71 bits per heavy atom. The average Bonchev–Trinajstić information content (AvgIpc) is 2.81. The maximum absolute atomic E-state index is 10.8. The number of carbonyl (C=O) groups excluding carboxylic acids is 2. The van der Waals surface area contributed by atoms with Gasteiger partial charge in [-0.05, 0) is 33.4 Å². The van der Waals surface area contributed by atoms with Gasteiger partial charge in [-0.15, -0.1) is 0 Å². The quantitative estimate of drug-likeness (QED) is 0.700. The fourth-order valence-corrected chi connectivity index (χ4v) is 1.42. The van der Waals surface area contributed by atoms with Crippen LogP contribution in [0.1, 0.15) is 60.8 Å². The van der Waals surface area contributed by atoms with Crippen molar-refractivity contribution in [3.63, 3.8) is 0 Å². The Balaban J connectivity index is -0.000000208. The lowest BCUT2D eigenvalue weighted by Gasteiger charge is -2.14. The van der Waals surface area contributed by atoms with Crippen molar-refractivity contribution in [3.05, 3.63) is 0 Å². The first-order valence-corrected chi connectivity index (χ1v) is 6.77. The molecule has 0 radical (unpaired) electrons. The van der Waals surface area contributed by atoms with Crippen LogP contribution in [0.15, 0.2) is 0 Å². The molecular formula is C14H31NO2. The summed E-state index contributed by atoms with van der Waals surface area (Å²) in [5.41, 5.74) is 0. The molecule has 0 aromatic rings. The highest BCUT2D eigenvalue weighted by atomic mass is 16.1. The van der Waals surface area contributed by atoms with Crippen LogP contribution >= 0.6 is 0 Å². The SMILES string of the molecule is CC.CC.CC(=O)C1CCCN1C.CCC=O. The molecule has 1 fully saturated rings. The summed E-state index contributed by atoms with van der Waals surface area (Å²) in [5, 5.41) is 0. The van der Waals surface area contributed by atoms with Crippen molar-refractivity contribution in [3.8, 4) is 0 Å². The largest absolute Gasteiger partial charge is 0.303 e. The van der Waals surface area contributed by atoms with E-state index in [-0.39, 0.29) is 6.04 Å². The number of likely N-dealkylation sites (N-methyl/N-ethyl adjacent to an activating group) is 1. The summed E-state index contributed by atoms with van der Waals surface area (Å²) >= 11 is 0. The Kier molecular flexibility index (Phi) is 22.4. The molecule has 1 aliphatic rings. The highest BCUT2D eigenvalue weighted by Gasteiger charge is 2.23. The monoisotopic (exact) mass is 245 g/mol. The molecule has 0 spiro atoms. The maximum atomic E-state index is 10.8. The molecule has 1 heterocycles. The van der Waals surface area contributed by atoms with E-state index < -0.39 is 0 Å². The van der Waals surface area contributed by atoms with Crippen molar-refractivity contribution in [1.82, 2.24) is 4.90 Å². The number of hydrogen-bond donors (Lipinski definition) is 0. The molecular weight excluding hydrogens is 214 g/mol. The second kappa shape index (κ2) is 17.7. The number of aldehydes is 1. The van der Waals surface area contributed by atoms with E-state index in [4.69, 9.17) is 0 Å². The molecule has 3 nitrogen and oxygen atoms in total.